The van der Waals surface area contributed by atoms with Crippen molar-refractivity contribution in [2.45, 2.75) is 0 Å². The number of hydrogen-bond acceptors (Lipinski definition) is 6. The Morgan fingerprint density at radius 1 is 0.250 bits per heavy atom. The number of aromatic nitrogens is 1. The Kier molecular flexibility index (Phi) is 13.7. The molecule has 7 nitrogen and oxygen atoms in total. The predicted octanol–water partition coefficient (Wildman–Crippen LogP) is 20.0. The number of anilines is 6. The normalized spacial score (nSPS) is 11.9. The van der Waals surface area contributed by atoms with E-state index >= 15 is 0 Å². The van der Waals surface area contributed by atoms with E-state index in [-0.39, 0.29) is 6.71 Å². The molecule has 0 radical (unpaired) electrons. The van der Waals surface area contributed by atoms with Gasteiger partial charge in [0.1, 0.15) is 0 Å². The lowest BCUT2D eigenvalue weighted by molar-refractivity contribution is 1.18. The van der Waals surface area contributed by atoms with Gasteiger partial charge in [0, 0.05) is 56.0 Å². The lowest BCUT2D eigenvalue weighted by atomic mass is 9.33. The first-order valence-electron chi connectivity index (χ1n) is 32.0. The van der Waals surface area contributed by atoms with Gasteiger partial charge in [-0.3, -0.25) is 0 Å². The molecule has 0 saturated carbocycles. The van der Waals surface area contributed by atoms with Crippen LogP contribution in [0.3, 0.4) is 0 Å². The Bertz CT molecular complexity index is 5540. The second kappa shape index (κ2) is 23.3. The second-order valence-electron chi connectivity index (χ2n) is 24.4. The number of nitrogens with zero attached hydrogens (tertiary/aromatic N) is 7. The second-order valence-corrected chi connectivity index (χ2v) is 24.4. The first-order valence-corrected chi connectivity index (χ1v) is 32.0. The van der Waals surface area contributed by atoms with Crippen LogP contribution >= 0.6 is 0 Å². The van der Waals surface area contributed by atoms with E-state index in [1.807, 2.05) is 18.2 Å². The van der Waals surface area contributed by atoms with Crippen LogP contribution in [0.5, 0.6) is 0 Å². The minimum Gasteiger partial charge on any atom is -0.311 e. The van der Waals surface area contributed by atoms with Gasteiger partial charge in [-0.2, -0.15) is 21.0 Å². The summed E-state index contributed by atoms with van der Waals surface area (Å²) in [6.07, 6.45) is 0. The maximum atomic E-state index is 10.8. The zero-order valence-corrected chi connectivity index (χ0v) is 51.7. The van der Waals surface area contributed by atoms with E-state index in [2.05, 4.69) is 306 Å². The summed E-state index contributed by atoms with van der Waals surface area (Å²) < 4.78 is 2.27. The lowest BCUT2D eigenvalue weighted by Gasteiger charge is -2.44. The molecule has 3 heterocycles. The van der Waals surface area contributed by atoms with Crippen LogP contribution in [0, 0.1) is 45.3 Å². The van der Waals surface area contributed by atoms with E-state index in [9.17, 15) is 21.0 Å². The van der Waals surface area contributed by atoms with Gasteiger partial charge in [-0.15, -0.1) is 0 Å². The van der Waals surface area contributed by atoms with Crippen molar-refractivity contribution in [3.05, 3.63) is 338 Å². The number of nitriles is 4. The largest absolute Gasteiger partial charge is 0.311 e. The van der Waals surface area contributed by atoms with Gasteiger partial charge < -0.3 is 14.4 Å². The standard InChI is InChI=1S/C88H52BN7/c90-53-57-33-37-74(70(41-57)55-92)64-36-40-82(77(50-64)75-38-34-58(54-91)42-71(75)56-93)96-81-30-16-13-27-76(81)78-49-63(35-39-83(78)96)69-51-86-88-87(52-69)95(73-47-67(61-23-9-3-10-24-61)44-68(48-73)62-25-11-4-12-26-62)85-32-18-15-29-80(85)89(88)79-28-14-17-31-84(79)94(86)72-45-65(59-19-5-1-6-20-59)43-66(46-72)60-21-7-2-8-22-60/h1-52H. The molecular formula is C88H52BN7. The van der Waals surface area contributed by atoms with Crippen LogP contribution in [0.25, 0.3) is 105 Å². The monoisotopic (exact) mass is 1220 g/mol. The van der Waals surface area contributed by atoms with Crippen molar-refractivity contribution >= 4 is 79.0 Å². The molecule has 96 heavy (non-hydrogen) atoms. The molecule has 442 valence electrons. The molecular weight excluding hydrogens is 1170 g/mol. The zero-order valence-electron chi connectivity index (χ0n) is 51.7. The summed E-state index contributed by atoms with van der Waals surface area (Å²) in [6.45, 7) is -0.136. The van der Waals surface area contributed by atoms with Crippen LogP contribution in [0.2, 0.25) is 0 Å². The van der Waals surface area contributed by atoms with Gasteiger partial charge in [-0.25, -0.2) is 0 Å². The van der Waals surface area contributed by atoms with E-state index in [1.54, 1.807) is 30.3 Å². The molecule has 0 spiro atoms. The van der Waals surface area contributed by atoms with E-state index in [1.165, 1.54) is 16.4 Å². The molecule has 0 fully saturated rings. The van der Waals surface area contributed by atoms with Crippen LogP contribution in [0.4, 0.5) is 34.1 Å². The highest BCUT2D eigenvalue weighted by atomic mass is 15.2. The van der Waals surface area contributed by atoms with Crippen molar-refractivity contribution in [2.75, 3.05) is 9.80 Å². The third kappa shape index (κ3) is 9.49. The Morgan fingerprint density at radius 2 is 0.677 bits per heavy atom. The van der Waals surface area contributed by atoms with Crippen molar-refractivity contribution in [2.24, 2.45) is 0 Å². The molecule has 0 amide bonds. The molecule has 0 N–H and O–H groups in total. The molecule has 14 aromatic carbocycles. The van der Waals surface area contributed by atoms with Gasteiger partial charge in [-0.05, 0) is 198 Å². The van der Waals surface area contributed by atoms with Gasteiger partial charge in [0.15, 0.2) is 0 Å². The maximum absolute atomic E-state index is 10.8. The summed E-state index contributed by atoms with van der Waals surface area (Å²) in [4.78, 5) is 5.03. The van der Waals surface area contributed by atoms with Crippen LogP contribution < -0.4 is 26.2 Å². The smallest absolute Gasteiger partial charge is 0.252 e. The van der Waals surface area contributed by atoms with Gasteiger partial charge in [0.25, 0.3) is 6.71 Å². The fourth-order valence-electron chi connectivity index (χ4n) is 14.7. The van der Waals surface area contributed by atoms with Crippen molar-refractivity contribution in [1.82, 2.24) is 4.57 Å². The third-order valence-corrected chi connectivity index (χ3v) is 19.0. The number of benzene rings is 14. The average Bonchev–Trinajstić information content (AvgIpc) is 0.784. The first kappa shape index (κ1) is 56.5. The fraction of sp³-hybridized carbons (Fsp3) is 0. The SMILES string of the molecule is N#Cc1ccc(-c2ccc(-n3c4ccccc4c4cc(-c5cc6c7c(c5)N(c5cc(-c8ccccc8)cc(-c8ccccc8)c5)c5ccccc5B7c5ccccc5N6c5cc(-c6ccccc6)cc(-c6ccccc6)c5)ccc43)c(-c3ccc(C#N)cc3C#N)c2)c(C#N)c1. The van der Waals surface area contributed by atoms with Crippen molar-refractivity contribution in [1.29, 1.82) is 21.0 Å². The van der Waals surface area contributed by atoms with Crippen molar-refractivity contribution in [3.63, 3.8) is 0 Å². The van der Waals surface area contributed by atoms with E-state index in [4.69, 9.17) is 0 Å². The minimum atomic E-state index is -0.136. The summed E-state index contributed by atoms with van der Waals surface area (Å²) in [5, 5.41) is 43.2. The van der Waals surface area contributed by atoms with E-state index in [0.29, 0.717) is 33.4 Å². The van der Waals surface area contributed by atoms with Gasteiger partial charge in [-0.1, -0.05) is 200 Å². The van der Waals surface area contributed by atoms with Gasteiger partial charge >= 0.3 is 0 Å². The molecule has 2 aliphatic rings. The molecule has 0 bridgehead atoms. The van der Waals surface area contributed by atoms with Crippen LogP contribution in [0.15, 0.2) is 315 Å². The lowest BCUT2D eigenvalue weighted by Crippen LogP contribution is -2.61. The molecule has 0 saturated heterocycles. The number of para-hydroxylation sites is 3. The highest BCUT2D eigenvalue weighted by Gasteiger charge is 2.44. The molecule has 1 aromatic heterocycles. The summed E-state index contributed by atoms with van der Waals surface area (Å²) in [5.74, 6) is 0. The summed E-state index contributed by atoms with van der Waals surface area (Å²) in [7, 11) is 0. The topological polar surface area (TPSA) is 107 Å². The highest BCUT2D eigenvalue weighted by Crippen LogP contribution is 2.50. The molecule has 2 aliphatic heterocycles. The summed E-state index contributed by atoms with van der Waals surface area (Å²) >= 11 is 0. The Hall–Kier alpha value is -13.5. The fourth-order valence-corrected chi connectivity index (χ4v) is 14.7. The van der Waals surface area contributed by atoms with Crippen LogP contribution in [-0.4, -0.2) is 11.3 Å². The van der Waals surface area contributed by atoms with Gasteiger partial charge in [0.05, 0.1) is 63.3 Å². The molecule has 0 unspecified atom stereocenters. The Morgan fingerprint density at radius 3 is 1.18 bits per heavy atom. The number of hydrogen-bond donors (Lipinski definition) is 0. The van der Waals surface area contributed by atoms with Crippen LogP contribution in [-0.2, 0) is 0 Å². The third-order valence-electron chi connectivity index (χ3n) is 19.0. The van der Waals surface area contributed by atoms with E-state index in [0.717, 1.165) is 128 Å². The van der Waals surface area contributed by atoms with Crippen molar-refractivity contribution < 1.29 is 0 Å². The van der Waals surface area contributed by atoms with Crippen molar-refractivity contribution in [3.8, 4) is 108 Å². The highest BCUT2D eigenvalue weighted by molar-refractivity contribution is 7.00. The quantitative estimate of drug-likeness (QED) is 0.126. The number of fused-ring (bicyclic) bond motifs is 7. The summed E-state index contributed by atoms with van der Waals surface area (Å²) in [6, 6.07) is 120. The zero-order chi connectivity index (χ0) is 64.4. The Balaban J connectivity index is 0.939. The van der Waals surface area contributed by atoms with E-state index < -0.39 is 0 Å². The predicted molar refractivity (Wildman–Crippen MR) is 392 cm³/mol. The first-order chi connectivity index (χ1) is 47.4. The molecule has 17 rings (SSSR count). The number of rotatable bonds is 10. The molecule has 8 heteroatoms. The maximum Gasteiger partial charge on any atom is 0.252 e. The molecule has 0 aliphatic carbocycles. The summed E-state index contributed by atoms with van der Waals surface area (Å²) in [5.41, 5.74) is 28.0. The minimum absolute atomic E-state index is 0.136. The average molecular weight is 1220 g/mol. The molecule has 15 aromatic rings. The van der Waals surface area contributed by atoms with Crippen LogP contribution in [0.1, 0.15) is 22.3 Å². The Labute approximate surface area is 556 Å². The van der Waals surface area contributed by atoms with Gasteiger partial charge in [0.2, 0.25) is 0 Å². The molecule has 0 atom stereocenters.